The molecule has 0 fully saturated rings. The Kier molecular flexibility index (Phi) is 6.69. The van der Waals surface area contributed by atoms with Gasteiger partial charge >= 0.3 is 0 Å². The van der Waals surface area contributed by atoms with E-state index in [-0.39, 0.29) is 19.3 Å². The Morgan fingerprint density at radius 3 is 2.78 bits per heavy atom. The molecule has 2 aromatic carbocycles. The molecule has 3 N–H and O–H groups in total. The number of rotatable bonds is 7. The number of aliphatic hydroxyl groups is 1. The molecule has 3 heterocycles. The van der Waals surface area contributed by atoms with Crippen molar-refractivity contribution in [1.82, 2.24) is 19.9 Å². The van der Waals surface area contributed by atoms with E-state index in [1.807, 2.05) is 6.92 Å². The van der Waals surface area contributed by atoms with Gasteiger partial charge in [-0.05, 0) is 30.7 Å². The lowest BCUT2D eigenvalue weighted by molar-refractivity contribution is 0.0916. The minimum absolute atomic E-state index is 0.141. The van der Waals surface area contributed by atoms with Crippen molar-refractivity contribution in [2.75, 3.05) is 18.7 Å². The zero-order valence-corrected chi connectivity index (χ0v) is 20.5. The molecule has 0 bridgehead atoms. The van der Waals surface area contributed by atoms with Crippen LogP contribution in [-0.4, -0.2) is 38.9 Å². The molecule has 0 radical (unpaired) electrons. The van der Waals surface area contributed by atoms with E-state index in [2.05, 4.69) is 20.6 Å². The average molecular weight is 526 g/mol. The van der Waals surface area contributed by atoms with E-state index >= 15 is 0 Å². The Bertz CT molecular complexity index is 1440. The second-order valence-electron chi connectivity index (χ2n) is 8.08. The van der Waals surface area contributed by atoms with Crippen molar-refractivity contribution in [2.45, 2.75) is 13.0 Å². The van der Waals surface area contributed by atoms with Crippen molar-refractivity contribution in [2.24, 2.45) is 0 Å². The highest BCUT2D eigenvalue weighted by molar-refractivity contribution is 6.33. The molecule has 5 rings (SSSR count). The first-order valence-corrected chi connectivity index (χ1v) is 11.7. The average Bonchev–Trinajstić information content (AvgIpc) is 3.53. The van der Waals surface area contributed by atoms with Crippen LogP contribution in [0.4, 0.5) is 11.6 Å². The summed E-state index contributed by atoms with van der Waals surface area (Å²) >= 11 is 12.4. The molecular formula is C25H21Cl2N5O4. The molecule has 11 heteroatoms. The van der Waals surface area contributed by atoms with Gasteiger partial charge in [0.05, 0.1) is 28.9 Å². The number of hydrogen-bond acceptors (Lipinski definition) is 7. The van der Waals surface area contributed by atoms with Gasteiger partial charge in [0.25, 0.3) is 5.91 Å². The highest BCUT2D eigenvalue weighted by atomic mass is 35.5. The summed E-state index contributed by atoms with van der Waals surface area (Å²) in [5.74, 6) is 1.71. The lowest BCUT2D eigenvalue weighted by Gasteiger charge is -2.16. The molecule has 1 aliphatic heterocycles. The van der Waals surface area contributed by atoms with Gasteiger partial charge < -0.3 is 29.8 Å². The highest BCUT2D eigenvalue weighted by Crippen LogP contribution is 2.40. The minimum atomic E-state index is -0.595. The summed E-state index contributed by atoms with van der Waals surface area (Å²) in [4.78, 5) is 21.8. The first kappa shape index (κ1) is 23.9. The smallest absolute Gasteiger partial charge is 0.253 e. The van der Waals surface area contributed by atoms with Crippen LogP contribution in [0, 0.1) is 6.92 Å². The molecule has 0 saturated carbocycles. The zero-order valence-electron chi connectivity index (χ0n) is 19.0. The fraction of sp³-hybridized carbons (Fsp3) is 0.160. The molecular weight excluding hydrogens is 505 g/mol. The zero-order chi connectivity index (χ0) is 25.2. The van der Waals surface area contributed by atoms with Gasteiger partial charge in [0, 0.05) is 41.3 Å². The molecule has 1 atom stereocenters. The number of carbonyl (C=O) groups excluding carboxylic acids is 1. The number of ether oxygens (including phenoxy) is 2. The topological polar surface area (TPSA) is 111 Å². The Labute approximate surface area is 216 Å². The quantitative estimate of drug-likeness (QED) is 0.317. The van der Waals surface area contributed by atoms with Gasteiger partial charge in [0.15, 0.2) is 11.5 Å². The Morgan fingerprint density at radius 1 is 1.19 bits per heavy atom. The number of anilines is 2. The van der Waals surface area contributed by atoms with Crippen molar-refractivity contribution < 1.29 is 19.4 Å². The van der Waals surface area contributed by atoms with Crippen LogP contribution in [0.1, 0.15) is 27.5 Å². The third kappa shape index (κ3) is 4.94. The fourth-order valence-corrected chi connectivity index (χ4v) is 4.15. The predicted molar refractivity (Wildman–Crippen MR) is 136 cm³/mol. The fourth-order valence-electron chi connectivity index (χ4n) is 3.75. The van der Waals surface area contributed by atoms with Crippen LogP contribution < -0.4 is 20.1 Å². The van der Waals surface area contributed by atoms with Gasteiger partial charge in [0.1, 0.15) is 5.82 Å². The summed E-state index contributed by atoms with van der Waals surface area (Å²) in [6.45, 7) is 1.74. The largest absolute Gasteiger partial charge is 0.454 e. The van der Waals surface area contributed by atoms with Crippen LogP contribution >= 0.6 is 23.2 Å². The Morgan fingerprint density at radius 2 is 2.00 bits per heavy atom. The van der Waals surface area contributed by atoms with E-state index in [9.17, 15) is 9.90 Å². The standard InChI is InChI=1S/C25H21Cl2N5O4/c1-14-10-28-25(30-19-9-22-21(8-18(19)27)35-13-36-22)31-23(14)32-6-5-16(11-32)24(34)29-20(12-33)15-3-2-4-17(26)7-15/h2-11,20,33H,12-13H2,1H3,(H,29,34)(H,28,30,31). The normalized spacial score (nSPS) is 12.9. The Balaban J connectivity index is 1.35. The summed E-state index contributed by atoms with van der Waals surface area (Å²) in [5.41, 5.74) is 2.48. The van der Waals surface area contributed by atoms with Crippen molar-refractivity contribution in [3.63, 3.8) is 0 Å². The van der Waals surface area contributed by atoms with Gasteiger partial charge in [-0.2, -0.15) is 4.98 Å². The molecule has 1 amide bonds. The van der Waals surface area contributed by atoms with Crippen molar-refractivity contribution in [1.29, 1.82) is 0 Å². The van der Waals surface area contributed by atoms with Crippen LogP contribution in [0.2, 0.25) is 10.0 Å². The first-order chi connectivity index (χ1) is 17.4. The van der Waals surface area contributed by atoms with Crippen LogP contribution in [-0.2, 0) is 0 Å². The number of nitrogens with one attached hydrogen (secondary N) is 2. The second kappa shape index (κ2) is 10.1. The predicted octanol–water partition coefficient (Wildman–Crippen LogP) is 4.82. The summed E-state index contributed by atoms with van der Waals surface area (Å²) < 4.78 is 12.5. The van der Waals surface area contributed by atoms with Crippen LogP contribution in [0.15, 0.2) is 61.1 Å². The maximum absolute atomic E-state index is 12.9. The molecule has 0 saturated heterocycles. The van der Waals surface area contributed by atoms with Crippen molar-refractivity contribution >= 4 is 40.7 Å². The van der Waals surface area contributed by atoms with E-state index in [1.54, 1.807) is 65.6 Å². The molecule has 9 nitrogen and oxygen atoms in total. The van der Waals surface area contributed by atoms with Crippen LogP contribution in [0.5, 0.6) is 11.5 Å². The lowest BCUT2D eigenvalue weighted by Crippen LogP contribution is -2.30. The van der Waals surface area contributed by atoms with Crippen LogP contribution in [0.25, 0.3) is 5.82 Å². The first-order valence-electron chi connectivity index (χ1n) is 11.0. The number of fused-ring (bicyclic) bond motifs is 1. The van der Waals surface area contributed by atoms with E-state index in [1.165, 1.54) is 0 Å². The number of benzene rings is 2. The SMILES string of the molecule is Cc1cnc(Nc2cc3c(cc2Cl)OCO3)nc1-n1ccc(C(=O)NC(CO)c2cccc(Cl)c2)c1. The van der Waals surface area contributed by atoms with E-state index in [0.29, 0.717) is 50.1 Å². The van der Waals surface area contributed by atoms with E-state index in [4.69, 9.17) is 32.7 Å². The molecule has 0 spiro atoms. The van der Waals surface area contributed by atoms with Gasteiger partial charge in [-0.1, -0.05) is 35.3 Å². The number of aromatic nitrogens is 3. The van der Waals surface area contributed by atoms with Gasteiger partial charge in [-0.3, -0.25) is 4.79 Å². The summed E-state index contributed by atoms with van der Waals surface area (Å²) in [6, 6.07) is 11.5. The highest BCUT2D eigenvalue weighted by Gasteiger charge is 2.19. The van der Waals surface area contributed by atoms with Crippen molar-refractivity contribution in [3.05, 3.63) is 87.8 Å². The number of aliphatic hydroxyl groups excluding tert-OH is 1. The Hall–Kier alpha value is -3.79. The molecule has 4 aromatic rings. The number of amides is 1. The molecule has 0 aliphatic carbocycles. The molecule has 36 heavy (non-hydrogen) atoms. The second-order valence-corrected chi connectivity index (χ2v) is 8.93. The maximum Gasteiger partial charge on any atom is 0.253 e. The lowest BCUT2D eigenvalue weighted by atomic mass is 10.1. The number of hydrogen-bond donors (Lipinski definition) is 3. The third-order valence-corrected chi connectivity index (χ3v) is 6.14. The summed E-state index contributed by atoms with van der Waals surface area (Å²) in [7, 11) is 0. The van der Waals surface area contributed by atoms with Crippen molar-refractivity contribution in [3.8, 4) is 17.3 Å². The number of halogens is 2. The number of nitrogens with zero attached hydrogens (tertiary/aromatic N) is 3. The number of aryl methyl sites for hydroxylation is 1. The molecule has 2 aromatic heterocycles. The molecule has 1 aliphatic rings. The molecule has 1 unspecified atom stereocenters. The molecule has 184 valence electrons. The minimum Gasteiger partial charge on any atom is -0.454 e. The number of carbonyl (C=O) groups is 1. The monoisotopic (exact) mass is 525 g/mol. The van der Waals surface area contributed by atoms with Gasteiger partial charge in [0.2, 0.25) is 12.7 Å². The van der Waals surface area contributed by atoms with Crippen LogP contribution in [0.3, 0.4) is 0 Å². The van der Waals surface area contributed by atoms with E-state index < -0.39 is 6.04 Å². The maximum atomic E-state index is 12.9. The third-order valence-electron chi connectivity index (χ3n) is 5.59. The summed E-state index contributed by atoms with van der Waals surface area (Å²) in [6.07, 6.45) is 5.07. The summed E-state index contributed by atoms with van der Waals surface area (Å²) in [5, 5.41) is 16.7. The van der Waals surface area contributed by atoms with Gasteiger partial charge in [-0.25, -0.2) is 4.98 Å². The van der Waals surface area contributed by atoms with Gasteiger partial charge in [-0.15, -0.1) is 0 Å². The van der Waals surface area contributed by atoms with E-state index in [0.717, 1.165) is 5.56 Å².